The summed E-state index contributed by atoms with van der Waals surface area (Å²) in [5.41, 5.74) is 12.6. The molecule has 4 heterocycles. The van der Waals surface area contributed by atoms with Gasteiger partial charge in [0.2, 0.25) is 23.6 Å². The van der Waals surface area contributed by atoms with E-state index in [1.807, 2.05) is 69.3 Å². The van der Waals surface area contributed by atoms with Crippen LogP contribution in [0.5, 0.6) is 5.75 Å². The van der Waals surface area contributed by atoms with Gasteiger partial charge < -0.3 is 50.9 Å². The minimum atomic E-state index is -0.852. The molecule has 18 heteroatoms. The molecule has 0 bridgehead atoms. The minimum absolute atomic E-state index is 0.0170. The molecule has 4 amide bonds. The van der Waals surface area contributed by atoms with Crippen LogP contribution in [0.1, 0.15) is 147 Å². The van der Waals surface area contributed by atoms with Crippen molar-refractivity contribution in [1.29, 1.82) is 10.8 Å². The van der Waals surface area contributed by atoms with Crippen LogP contribution in [0.25, 0.3) is 10.4 Å². The van der Waals surface area contributed by atoms with E-state index >= 15 is 0 Å². The van der Waals surface area contributed by atoms with Gasteiger partial charge in [0.25, 0.3) is 0 Å². The second kappa shape index (κ2) is 29.1. The average molecular weight is 1120 g/mol. The highest BCUT2D eigenvalue weighted by atomic mass is 32.1. The number of hydrogen-bond acceptors (Lipinski definition) is 13. The van der Waals surface area contributed by atoms with Crippen molar-refractivity contribution >= 4 is 57.9 Å². The SMILES string of the molecule is Cc1ncsc1-c1ccc([C@H](C)NC(=O)[C@@H]2C[C@@H](O)CN2C(=O)[C@@H](NC(=O)CCCCCCCCCCCCC(=O)N2CCN(c3ccc(N4CCCC(O/C(=C/C(=N)c5ccccc5O)C(=N)N)C4)cc3)CC2)C(C)(C)C)cc1. The summed E-state index contributed by atoms with van der Waals surface area (Å²) < 4.78 is 6.19. The summed E-state index contributed by atoms with van der Waals surface area (Å²) in [4.78, 5) is 67.7. The fourth-order valence-electron chi connectivity index (χ4n) is 11.0. The van der Waals surface area contributed by atoms with Gasteiger partial charge in [0.05, 0.1) is 40.5 Å². The van der Waals surface area contributed by atoms with Crippen LogP contribution in [0.2, 0.25) is 0 Å². The van der Waals surface area contributed by atoms with Gasteiger partial charge in [-0.15, -0.1) is 11.3 Å². The largest absolute Gasteiger partial charge is 0.507 e. The number of aliphatic hydroxyl groups excluding tert-OH is 1. The Hall–Kier alpha value is -6.79. The number of allylic oxidation sites excluding steroid dienone is 1. The number of nitrogens with two attached hydrogens (primary N) is 1. The fraction of sp³-hybridized carbons (Fsp3) is 0.532. The highest BCUT2D eigenvalue weighted by molar-refractivity contribution is 7.13. The van der Waals surface area contributed by atoms with E-state index in [9.17, 15) is 29.4 Å². The molecule has 3 aliphatic rings. The number of piperidine rings is 1. The number of amidine groups is 1. The molecular weight excluding hydrogens is 1030 g/mol. The monoisotopic (exact) mass is 1110 g/mol. The molecule has 3 aromatic carbocycles. The summed E-state index contributed by atoms with van der Waals surface area (Å²) >= 11 is 1.59. The van der Waals surface area contributed by atoms with Gasteiger partial charge in [-0.25, -0.2) is 4.98 Å². The van der Waals surface area contributed by atoms with E-state index in [1.165, 1.54) is 17.0 Å². The number of anilines is 2. The van der Waals surface area contributed by atoms with Gasteiger partial charge in [0.15, 0.2) is 11.6 Å². The number of carbonyl (C=O) groups excluding carboxylic acids is 4. The van der Waals surface area contributed by atoms with Gasteiger partial charge in [0.1, 0.15) is 23.9 Å². The Morgan fingerprint density at radius 3 is 2.02 bits per heavy atom. The number of carbonyl (C=O) groups is 4. The van der Waals surface area contributed by atoms with E-state index in [2.05, 4.69) is 49.7 Å². The van der Waals surface area contributed by atoms with E-state index in [4.69, 9.17) is 21.3 Å². The zero-order chi connectivity index (χ0) is 57.3. The maximum atomic E-state index is 14.1. The summed E-state index contributed by atoms with van der Waals surface area (Å²) in [6.45, 7) is 14.1. The molecule has 0 spiro atoms. The average Bonchev–Trinajstić information content (AvgIpc) is 4.07. The number of rotatable bonds is 26. The maximum absolute atomic E-state index is 14.1. The maximum Gasteiger partial charge on any atom is 0.246 e. The number of nitrogens with one attached hydrogen (secondary N) is 4. The zero-order valence-electron chi connectivity index (χ0n) is 47.7. The number of aliphatic hydroxyl groups is 1. The molecule has 8 N–H and O–H groups in total. The topological polar surface area (TPSA) is 242 Å². The van der Waals surface area contributed by atoms with Gasteiger partial charge in [0, 0.05) is 81.5 Å². The first-order valence-electron chi connectivity index (χ1n) is 28.9. The fourth-order valence-corrected chi connectivity index (χ4v) is 11.8. The van der Waals surface area contributed by atoms with Crippen LogP contribution in [-0.2, 0) is 23.9 Å². The quantitative estimate of drug-likeness (QED) is 0.0135. The number of thiazole rings is 1. The highest BCUT2D eigenvalue weighted by Gasteiger charge is 2.45. The number of hydrogen-bond donors (Lipinski definition) is 7. The number of piperazine rings is 1. The van der Waals surface area contributed by atoms with Crippen LogP contribution in [0.4, 0.5) is 11.4 Å². The molecule has 3 saturated heterocycles. The van der Waals surface area contributed by atoms with Crippen molar-refractivity contribution in [1.82, 2.24) is 25.4 Å². The third-order valence-electron chi connectivity index (χ3n) is 15.7. The lowest BCUT2D eigenvalue weighted by molar-refractivity contribution is -0.144. The molecule has 0 saturated carbocycles. The standard InChI is InChI=1S/C62H86N10O7S/c1-42(44-24-26-45(27-25-44)57-43(2)66-41-80-57)67-60(77)52-37-48(73)39-72(52)61(78)58(62(3,4)5)68-55(75)22-14-12-10-8-6-7-9-11-13-15-23-56(76)70-35-33-69(34-36-70)46-28-30-47(31-29-46)71-32-18-19-49(40-71)79-54(59(64)65)38-51(63)50-20-16-17-21-53(50)74/h16-17,20-21,24-31,38,41-42,48-49,52,58,63,73-74H,6-15,18-19,22-23,32-37,39-40H2,1-5H3,(H3,64,65)(H,67,77)(H,68,75)/b54-38+,63-51?/t42-,48+,49?,52-,58+/m0/s1. The first kappa shape index (κ1) is 60.8. The predicted molar refractivity (Wildman–Crippen MR) is 318 cm³/mol. The molecule has 3 aliphatic heterocycles. The number of ether oxygens (including phenoxy) is 1. The third-order valence-corrected chi connectivity index (χ3v) is 16.7. The Morgan fingerprint density at radius 2 is 1.43 bits per heavy atom. The lowest BCUT2D eigenvalue weighted by Gasteiger charge is -2.37. The molecular formula is C62H86N10O7S. The van der Waals surface area contributed by atoms with E-state index in [0.717, 1.165) is 130 Å². The number of para-hydroxylation sites is 1. The summed E-state index contributed by atoms with van der Waals surface area (Å²) in [5, 5.41) is 43.4. The molecule has 1 unspecified atom stereocenters. The first-order chi connectivity index (χ1) is 38.4. The van der Waals surface area contributed by atoms with Crippen LogP contribution in [0.3, 0.4) is 0 Å². The summed E-state index contributed by atoms with van der Waals surface area (Å²) in [6, 6.07) is 21.1. The van der Waals surface area contributed by atoms with Gasteiger partial charge >= 0.3 is 0 Å². The Labute approximate surface area is 477 Å². The van der Waals surface area contributed by atoms with Crippen LogP contribution < -0.4 is 26.2 Å². The van der Waals surface area contributed by atoms with E-state index in [0.29, 0.717) is 38.0 Å². The number of amides is 4. The summed E-state index contributed by atoms with van der Waals surface area (Å²) in [6.07, 6.45) is 13.4. The number of nitrogens with zero attached hydrogens (tertiary/aromatic N) is 5. The van der Waals surface area contributed by atoms with Crippen LogP contribution in [0, 0.1) is 23.2 Å². The van der Waals surface area contributed by atoms with Crippen molar-refractivity contribution in [2.75, 3.05) is 55.6 Å². The molecule has 432 valence electrons. The van der Waals surface area contributed by atoms with Crippen molar-refractivity contribution < 1.29 is 34.1 Å². The van der Waals surface area contributed by atoms with E-state index in [-0.39, 0.29) is 71.8 Å². The Balaban J connectivity index is 0.721. The van der Waals surface area contributed by atoms with Gasteiger partial charge in [-0.1, -0.05) is 109 Å². The van der Waals surface area contributed by atoms with Gasteiger partial charge in [-0.3, -0.25) is 30.0 Å². The number of likely N-dealkylation sites (tertiary alicyclic amines) is 1. The molecule has 1 aromatic heterocycles. The lowest BCUT2D eigenvalue weighted by atomic mass is 9.85. The number of benzene rings is 3. The molecule has 5 atom stereocenters. The molecule has 0 radical (unpaired) electrons. The number of aromatic hydroxyl groups is 1. The molecule has 3 fully saturated rings. The Bertz CT molecular complexity index is 2750. The molecule has 80 heavy (non-hydrogen) atoms. The smallest absolute Gasteiger partial charge is 0.246 e. The number of aromatic nitrogens is 1. The highest BCUT2D eigenvalue weighted by Crippen LogP contribution is 2.31. The van der Waals surface area contributed by atoms with Crippen LogP contribution in [0.15, 0.2) is 90.1 Å². The summed E-state index contributed by atoms with van der Waals surface area (Å²) in [5.74, 6) is -0.808. The third kappa shape index (κ3) is 17.1. The van der Waals surface area contributed by atoms with Crippen molar-refractivity contribution in [3.8, 4) is 16.2 Å². The van der Waals surface area contributed by atoms with Crippen molar-refractivity contribution in [3.05, 3.63) is 107 Å². The number of unbranched alkanes of at least 4 members (excludes halogenated alkanes) is 9. The Morgan fingerprint density at radius 1 is 0.812 bits per heavy atom. The van der Waals surface area contributed by atoms with Crippen molar-refractivity contribution in [2.24, 2.45) is 11.1 Å². The summed E-state index contributed by atoms with van der Waals surface area (Å²) in [7, 11) is 0. The zero-order valence-corrected chi connectivity index (χ0v) is 48.5. The van der Waals surface area contributed by atoms with Crippen LogP contribution in [-0.4, -0.2) is 130 Å². The number of phenols is 1. The first-order valence-corrected chi connectivity index (χ1v) is 29.8. The molecule has 4 aromatic rings. The normalized spacial score (nSPS) is 18.6. The molecule has 7 rings (SSSR count). The second-order valence-corrected chi connectivity index (χ2v) is 23.8. The van der Waals surface area contributed by atoms with Crippen molar-refractivity contribution in [3.63, 3.8) is 0 Å². The lowest BCUT2D eigenvalue weighted by Crippen LogP contribution is -2.57. The van der Waals surface area contributed by atoms with Gasteiger partial charge in [-0.05, 0) is 92.5 Å². The second-order valence-electron chi connectivity index (χ2n) is 23.0. The number of aryl methyl sites for hydroxylation is 1. The number of phenolic OH excluding ortho intramolecular Hbond substituents is 1. The predicted octanol–water partition coefficient (Wildman–Crippen LogP) is 9.40. The van der Waals surface area contributed by atoms with Gasteiger partial charge in [-0.2, -0.15) is 0 Å². The van der Waals surface area contributed by atoms with Crippen molar-refractivity contribution in [2.45, 2.75) is 161 Å². The van der Waals surface area contributed by atoms with E-state index in [1.54, 1.807) is 29.5 Å². The molecule has 0 aliphatic carbocycles. The number of β-amino-alcohol motifs (C(OH)–C–C–N with tert-alkyl or cyclic N) is 1. The van der Waals surface area contributed by atoms with Crippen LogP contribution >= 0.6 is 11.3 Å². The Kier molecular flexibility index (Phi) is 22.1. The minimum Gasteiger partial charge on any atom is -0.507 e. The molecule has 17 nitrogen and oxygen atoms in total. The van der Waals surface area contributed by atoms with E-state index < -0.39 is 23.6 Å².